The molecule has 13 heteroatoms. The average molecular weight is 617 g/mol. The Kier molecular flexibility index (Phi) is 10.3. The van der Waals surface area contributed by atoms with Crippen LogP contribution in [-0.4, -0.2) is 63.2 Å². The molecule has 1 heterocycles. The van der Waals surface area contributed by atoms with E-state index in [2.05, 4.69) is 26.5 Å². The Bertz CT molecular complexity index is 1260. The van der Waals surface area contributed by atoms with E-state index in [-0.39, 0.29) is 24.7 Å². The maximum absolute atomic E-state index is 13.1. The fraction of sp³-hybridized carbons (Fsp3) is 0.375. The third kappa shape index (κ3) is 7.44. The predicted molar refractivity (Wildman–Crippen MR) is 142 cm³/mol. The Morgan fingerprint density at radius 3 is 2.59 bits per heavy atom. The molecule has 37 heavy (non-hydrogen) atoms. The standard InChI is InChI=1S/C24H27BrClN3O7S/c1-3-34-21-13-16(12-19(25)23(21)36-15-22(30)35-4-2)14-27-28-24(31)20-6-5-11-29(20)37(32,33)18-9-7-17(26)8-10-18/h7-10,12-14,20H,3-6,11,15H2,1-2H3,(H,28,31)/b27-14-/t20-/m1/s1. The minimum atomic E-state index is -3.87. The van der Waals surface area contributed by atoms with Crippen molar-refractivity contribution in [3.8, 4) is 11.5 Å². The summed E-state index contributed by atoms with van der Waals surface area (Å²) >= 11 is 9.27. The third-order valence-electron chi connectivity index (χ3n) is 5.29. The predicted octanol–water partition coefficient (Wildman–Crippen LogP) is 3.75. The van der Waals surface area contributed by atoms with Crippen molar-refractivity contribution < 1.29 is 32.2 Å². The van der Waals surface area contributed by atoms with Crippen LogP contribution in [0.2, 0.25) is 5.02 Å². The topological polar surface area (TPSA) is 124 Å². The Morgan fingerprint density at radius 1 is 1.19 bits per heavy atom. The van der Waals surface area contributed by atoms with Crippen LogP contribution >= 0.6 is 27.5 Å². The summed E-state index contributed by atoms with van der Waals surface area (Å²) in [5, 5.41) is 4.42. The molecule has 0 aliphatic carbocycles. The number of carbonyl (C=O) groups excluding carboxylic acids is 2. The molecular weight excluding hydrogens is 590 g/mol. The zero-order chi connectivity index (χ0) is 27.0. The normalized spacial score (nSPS) is 16.1. The first-order valence-electron chi connectivity index (χ1n) is 11.5. The maximum atomic E-state index is 13.1. The lowest BCUT2D eigenvalue weighted by Crippen LogP contribution is -2.44. The zero-order valence-electron chi connectivity index (χ0n) is 20.3. The van der Waals surface area contributed by atoms with Gasteiger partial charge in [0.2, 0.25) is 10.0 Å². The van der Waals surface area contributed by atoms with Gasteiger partial charge in [-0.15, -0.1) is 0 Å². The molecule has 2 aromatic carbocycles. The monoisotopic (exact) mass is 615 g/mol. The summed E-state index contributed by atoms with van der Waals surface area (Å²) < 4.78 is 43.9. The molecule has 1 fully saturated rings. The molecule has 0 unspecified atom stereocenters. The number of amides is 1. The first-order valence-corrected chi connectivity index (χ1v) is 14.1. The summed E-state index contributed by atoms with van der Waals surface area (Å²) in [6.07, 6.45) is 2.32. The van der Waals surface area contributed by atoms with Crippen LogP contribution in [-0.2, 0) is 24.3 Å². The fourth-order valence-corrected chi connectivity index (χ4v) is 6.03. The summed E-state index contributed by atoms with van der Waals surface area (Å²) in [4.78, 5) is 24.5. The molecule has 2 aromatic rings. The van der Waals surface area contributed by atoms with Gasteiger partial charge in [0.15, 0.2) is 18.1 Å². The Morgan fingerprint density at radius 2 is 1.92 bits per heavy atom. The van der Waals surface area contributed by atoms with Crippen molar-refractivity contribution in [2.75, 3.05) is 26.4 Å². The van der Waals surface area contributed by atoms with Crippen molar-refractivity contribution >= 4 is 55.6 Å². The molecule has 10 nitrogen and oxygen atoms in total. The number of halogens is 2. The number of rotatable bonds is 11. The van der Waals surface area contributed by atoms with E-state index in [1.807, 2.05) is 0 Å². The number of hydrazone groups is 1. The van der Waals surface area contributed by atoms with E-state index in [1.54, 1.807) is 26.0 Å². The lowest BCUT2D eigenvalue weighted by atomic mass is 10.2. The number of hydrogen-bond acceptors (Lipinski definition) is 8. The number of carbonyl (C=O) groups is 2. The maximum Gasteiger partial charge on any atom is 0.344 e. The van der Waals surface area contributed by atoms with Crippen LogP contribution in [0.5, 0.6) is 11.5 Å². The van der Waals surface area contributed by atoms with Crippen molar-refractivity contribution in [2.45, 2.75) is 37.6 Å². The van der Waals surface area contributed by atoms with Gasteiger partial charge in [0.05, 0.1) is 28.8 Å². The first kappa shape index (κ1) is 28.9. The Hall–Kier alpha value is -2.67. The highest BCUT2D eigenvalue weighted by Gasteiger charge is 2.39. The van der Waals surface area contributed by atoms with Crippen molar-refractivity contribution in [2.24, 2.45) is 5.10 Å². The molecule has 3 rings (SSSR count). The van der Waals surface area contributed by atoms with Gasteiger partial charge >= 0.3 is 5.97 Å². The largest absolute Gasteiger partial charge is 0.490 e. The Balaban J connectivity index is 1.70. The van der Waals surface area contributed by atoms with Crippen LogP contribution in [0.4, 0.5) is 0 Å². The summed E-state index contributed by atoms with van der Waals surface area (Å²) in [5.41, 5.74) is 3.00. The summed E-state index contributed by atoms with van der Waals surface area (Å²) in [6, 6.07) is 8.23. The number of nitrogens with one attached hydrogen (secondary N) is 1. The van der Waals surface area contributed by atoms with Gasteiger partial charge in [-0.2, -0.15) is 9.41 Å². The molecule has 1 saturated heterocycles. The van der Waals surface area contributed by atoms with Gasteiger partial charge in [-0.1, -0.05) is 11.6 Å². The van der Waals surface area contributed by atoms with E-state index in [0.717, 1.165) is 0 Å². The number of ether oxygens (including phenoxy) is 3. The minimum Gasteiger partial charge on any atom is -0.490 e. The van der Waals surface area contributed by atoms with Crippen molar-refractivity contribution in [1.29, 1.82) is 0 Å². The first-order chi connectivity index (χ1) is 17.7. The minimum absolute atomic E-state index is 0.0682. The van der Waals surface area contributed by atoms with E-state index in [9.17, 15) is 18.0 Å². The molecule has 1 aliphatic heterocycles. The molecule has 0 bridgehead atoms. The number of hydrogen-bond donors (Lipinski definition) is 1. The molecule has 1 amide bonds. The van der Waals surface area contributed by atoms with Crippen LogP contribution in [0, 0.1) is 0 Å². The van der Waals surface area contributed by atoms with Gasteiger partial charge in [-0.3, -0.25) is 4.79 Å². The molecule has 0 spiro atoms. The fourth-order valence-electron chi connectivity index (χ4n) is 3.68. The van der Waals surface area contributed by atoms with Crippen molar-refractivity contribution in [3.05, 3.63) is 51.5 Å². The number of benzene rings is 2. The van der Waals surface area contributed by atoms with Crippen LogP contribution in [0.1, 0.15) is 32.3 Å². The van der Waals surface area contributed by atoms with E-state index in [4.69, 9.17) is 25.8 Å². The van der Waals surface area contributed by atoms with E-state index < -0.39 is 27.9 Å². The molecule has 0 radical (unpaired) electrons. The molecular formula is C24H27BrClN3O7S. The van der Waals surface area contributed by atoms with E-state index in [0.29, 0.717) is 46.0 Å². The average Bonchev–Trinajstić information content (AvgIpc) is 3.35. The van der Waals surface area contributed by atoms with Gasteiger partial charge in [0.25, 0.3) is 5.91 Å². The second-order valence-electron chi connectivity index (χ2n) is 7.82. The second kappa shape index (κ2) is 13.2. The van der Waals surface area contributed by atoms with Crippen LogP contribution in [0.15, 0.2) is 50.9 Å². The zero-order valence-corrected chi connectivity index (χ0v) is 23.4. The second-order valence-corrected chi connectivity index (χ2v) is 11.0. The smallest absolute Gasteiger partial charge is 0.344 e. The summed E-state index contributed by atoms with van der Waals surface area (Å²) in [5.74, 6) is -0.357. The highest BCUT2D eigenvalue weighted by atomic mass is 79.9. The molecule has 1 aliphatic rings. The van der Waals surface area contributed by atoms with Crippen LogP contribution < -0.4 is 14.9 Å². The lowest BCUT2D eigenvalue weighted by molar-refractivity contribution is -0.145. The highest BCUT2D eigenvalue weighted by molar-refractivity contribution is 9.10. The number of sulfonamides is 1. The molecule has 1 atom stereocenters. The Labute approximate surface area is 229 Å². The molecule has 1 N–H and O–H groups in total. The summed E-state index contributed by atoms with van der Waals surface area (Å²) in [7, 11) is -3.87. The quantitative estimate of drug-likeness (QED) is 0.232. The van der Waals surface area contributed by atoms with Crippen molar-refractivity contribution in [3.63, 3.8) is 0 Å². The molecule has 200 valence electrons. The van der Waals surface area contributed by atoms with Gasteiger partial charge in [-0.05, 0) is 84.6 Å². The van der Waals surface area contributed by atoms with Crippen molar-refractivity contribution in [1.82, 2.24) is 9.73 Å². The van der Waals surface area contributed by atoms with Gasteiger partial charge in [-0.25, -0.2) is 18.6 Å². The van der Waals surface area contributed by atoms with E-state index >= 15 is 0 Å². The number of nitrogens with zero attached hydrogens (tertiary/aromatic N) is 2. The van der Waals surface area contributed by atoms with Gasteiger partial charge in [0.1, 0.15) is 6.04 Å². The summed E-state index contributed by atoms with van der Waals surface area (Å²) in [6.45, 7) is 4.04. The van der Waals surface area contributed by atoms with E-state index in [1.165, 1.54) is 34.8 Å². The lowest BCUT2D eigenvalue weighted by Gasteiger charge is -2.22. The van der Waals surface area contributed by atoms with Gasteiger partial charge in [0, 0.05) is 11.6 Å². The van der Waals surface area contributed by atoms with Gasteiger partial charge < -0.3 is 14.2 Å². The highest BCUT2D eigenvalue weighted by Crippen LogP contribution is 2.36. The number of esters is 1. The third-order valence-corrected chi connectivity index (χ3v) is 8.05. The molecule has 0 saturated carbocycles. The SMILES string of the molecule is CCOC(=O)COc1c(Br)cc(/C=N\NC(=O)[C@H]2CCCN2S(=O)(=O)c2ccc(Cl)cc2)cc1OCC. The molecule has 0 aromatic heterocycles. The van der Waals surface area contributed by atoms with Crippen LogP contribution in [0.25, 0.3) is 0 Å². The van der Waals surface area contributed by atoms with Crippen LogP contribution in [0.3, 0.4) is 0 Å².